The fourth-order valence-electron chi connectivity index (χ4n) is 2.38. The molecule has 0 aliphatic carbocycles. The molecule has 0 heterocycles. The molecule has 2 aromatic rings. The van der Waals surface area contributed by atoms with E-state index in [9.17, 15) is 14.4 Å². The molecule has 2 aromatic carbocycles. The van der Waals surface area contributed by atoms with Gasteiger partial charge in [0.15, 0.2) is 0 Å². The van der Waals surface area contributed by atoms with Crippen LogP contribution < -0.4 is 16.0 Å². The molecule has 0 bridgehead atoms. The molecular formula is C23H29N3O4. The van der Waals surface area contributed by atoms with Crippen molar-refractivity contribution >= 4 is 34.8 Å². The zero-order chi connectivity index (χ0) is 22.1. The molecule has 0 aliphatic heterocycles. The summed E-state index contributed by atoms with van der Waals surface area (Å²) >= 11 is 0. The van der Waals surface area contributed by atoms with Gasteiger partial charge in [0.2, 0.25) is 11.8 Å². The fraction of sp³-hybridized carbons (Fsp3) is 0.348. The Morgan fingerprint density at radius 1 is 0.900 bits per heavy atom. The molecule has 7 nitrogen and oxygen atoms in total. The van der Waals surface area contributed by atoms with E-state index in [4.69, 9.17) is 4.74 Å². The first-order valence-corrected chi connectivity index (χ1v) is 9.91. The fourth-order valence-corrected chi connectivity index (χ4v) is 2.38. The lowest BCUT2D eigenvalue weighted by atomic mass is 9.95. The number of carbonyl (C=O) groups excluding carboxylic acids is 3. The van der Waals surface area contributed by atoms with Crippen molar-refractivity contribution in [1.82, 2.24) is 0 Å². The molecule has 2 rings (SSSR count). The van der Waals surface area contributed by atoms with Crippen molar-refractivity contribution < 1.29 is 19.1 Å². The highest BCUT2D eigenvalue weighted by Crippen LogP contribution is 2.20. The van der Waals surface area contributed by atoms with Crippen LogP contribution in [0.15, 0.2) is 48.5 Å². The predicted octanol–water partition coefficient (Wildman–Crippen LogP) is 4.29. The summed E-state index contributed by atoms with van der Waals surface area (Å²) in [5, 5.41) is 8.63. The van der Waals surface area contributed by atoms with Gasteiger partial charge in [0.05, 0.1) is 18.7 Å². The van der Waals surface area contributed by atoms with Crippen molar-refractivity contribution in [3.8, 4) is 0 Å². The first-order valence-electron chi connectivity index (χ1n) is 9.91. The number of nitrogens with one attached hydrogen (secondary N) is 3. The van der Waals surface area contributed by atoms with Crippen molar-refractivity contribution in [3.05, 3.63) is 54.1 Å². The zero-order valence-electron chi connectivity index (χ0n) is 17.9. The predicted molar refractivity (Wildman–Crippen MR) is 119 cm³/mol. The molecule has 0 unspecified atom stereocenters. The van der Waals surface area contributed by atoms with Gasteiger partial charge in [0, 0.05) is 22.5 Å². The Morgan fingerprint density at radius 3 is 2.13 bits per heavy atom. The van der Waals surface area contributed by atoms with E-state index in [1.165, 1.54) is 0 Å². The van der Waals surface area contributed by atoms with Crippen LogP contribution >= 0.6 is 0 Å². The molecule has 0 radical (unpaired) electrons. The third-order valence-corrected chi connectivity index (χ3v) is 4.10. The molecule has 0 saturated heterocycles. The summed E-state index contributed by atoms with van der Waals surface area (Å²) in [6, 6.07) is 13.7. The molecule has 0 atom stereocenters. The summed E-state index contributed by atoms with van der Waals surface area (Å²) in [5.41, 5.74) is 1.87. The van der Waals surface area contributed by atoms with E-state index in [0.29, 0.717) is 29.2 Å². The SMILES string of the molecule is CCCOC(=O)c1ccc(NCC(=O)Nc2cccc(NC(=O)C(C)(C)C)c2)cc1. The van der Waals surface area contributed by atoms with Crippen molar-refractivity contribution in [3.63, 3.8) is 0 Å². The molecule has 160 valence electrons. The Kier molecular flexibility index (Phi) is 7.98. The third kappa shape index (κ3) is 7.24. The van der Waals surface area contributed by atoms with E-state index in [-0.39, 0.29) is 24.3 Å². The van der Waals surface area contributed by atoms with E-state index < -0.39 is 5.41 Å². The van der Waals surface area contributed by atoms with E-state index in [0.717, 1.165) is 6.42 Å². The van der Waals surface area contributed by atoms with Crippen LogP contribution in [0.4, 0.5) is 17.1 Å². The summed E-state index contributed by atoms with van der Waals surface area (Å²) in [6.45, 7) is 7.88. The molecule has 30 heavy (non-hydrogen) atoms. The summed E-state index contributed by atoms with van der Waals surface area (Å²) in [5.74, 6) is -0.699. The van der Waals surface area contributed by atoms with Crippen LogP contribution in [0.2, 0.25) is 0 Å². The van der Waals surface area contributed by atoms with Crippen LogP contribution in [-0.2, 0) is 14.3 Å². The topological polar surface area (TPSA) is 96.5 Å². The van der Waals surface area contributed by atoms with Gasteiger partial charge in [-0.15, -0.1) is 0 Å². The van der Waals surface area contributed by atoms with Crippen molar-refractivity contribution in [2.24, 2.45) is 5.41 Å². The number of anilines is 3. The van der Waals surface area contributed by atoms with Crippen molar-refractivity contribution in [2.75, 3.05) is 29.1 Å². The van der Waals surface area contributed by atoms with Crippen molar-refractivity contribution in [2.45, 2.75) is 34.1 Å². The Bertz CT molecular complexity index is 886. The van der Waals surface area contributed by atoms with Gasteiger partial charge in [-0.1, -0.05) is 33.8 Å². The van der Waals surface area contributed by atoms with Crippen LogP contribution in [0.1, 0.15) is 44.5 Å². The Morgan fingerprint density at radius 2 is 1.53 bits per heavy atom. The van der Waals surface area contributed by atoms with Gasteiger partial charge in [-0.05, 0) is 48.9 Å². The standard InChI is InChI=1S/C23H29N3O4/c1-5-13-30-21(28)16-9-11-17(12-10-16)24-15-20(27)25-18-7-6-8-19(14-18)26-22(29)23(2,3)4/h6-12,14,24H,5,13,15H2,1-4H3,(H,25,27)(H,26,29). The molecule has 0 saturated carbocycles. The average Bonchev–Trinajstić information content (AvgIpc) is 2.70. The molecule has 0 spiro atoms. The lowest BCUT2D eigenvalue weighted by molar-refractivity contribution is -0.123. The smallest absolute Gasteiger partial charge is 0.338 e. The average molecular weight is 412 g/mol. The number of amides is 2. The molecule has 0 aliphatic rings. The highest BCUT2D eigenvalue weighted by atomic mass is 16.5. The number of rotatable bonds is 8. The second kappa shape index (κ2) is 10.4. The van der Waals surface area contributed by atoms with Gasteiger partial charge in [0.1, 0.15) is 0 Å². The normalized spacial score (nSPS) is 10.8. The number of ether oxygens (including phenoxy) is 1. The number of hydrogen-bond acceptors (Lipinski definition) is 5. The Labute approximate surface area is 177 Å². The minimum Gasteiger partial charge on any atom is -0.462 e. The van der Waals surface area contributed by atoms with Crippen molar-refractivity contribution in [1.29, 1.82) is 0 Å². The Hall–Kier alpha value is -3.35. The number of carbonyl (C=O) groups is 3. The largest absolute Gasteiger partial charge is 0.462 e. The quantitative estimate of drug-likeness (QED) is 0.563. The lowest BCUT2D eigenvalue weighted by Gasteiger charge is -2.18. The maximum Gasteiger partial charge on any atom is 0.338 e. The molecule has 0 aromatic heterocycles. The summed E-state index contributed by atoms with van der Waals surface area (Å²) < 4.78 is 5.08. The van der Waals surface area contributed by atoms with Gasteiger partial charge < -0.3 is 20.7 Å². The minimum atomic E-state index is -0.508. The molecule has 2 amide bonds. The molecule has 3 N–H and O–H groups in total. The van der Waals surface area contributed by atoms with Crippen LogP contribution in [0.3, 0.4) is 0 Å². The molecular weight excluding hydrogens is 382 g/mol. The third-order valence-electron chi connectivity index (χ3n) is 4.10. The maximum atomic E-state index is 12.2. The second-order valence-electron chi connectivity index (χ2n) is 7.90. The van der Waals surface area contributed by atoms with Crippen LogP contribution in [0.25, 0.3) is 0 Å². The first kappa shape index (κ1) is 22.9. The number of esters is 1. The van der Waals surface area contributed by atoms with Gasteiger partial charge >= 0.3 is 5.97 Å². The zero-order valence-corrected chi connectivity index (χ0v) is 17.9. The monoisotopic (exact) mass is 411 g/mol. The van der Waals surface area contributed by atoms with Crippen LogP contribution in [-0.4, -0.2) is 30.9 Å². The summed E-state index contributed by atoms with van der Waals surface area (Å²) in [7, 11) is 0. The Balaban J connectivity index is 1.87. The van der Waals surface area contributed by atoms with Gasteiger partial charge in [0.25, 0.3) is 0 Å². The van der Waals surface area contributed by atoms with E-state index >= 15 is 0 Å². The molecule has 7 heteroatoms. The summed E-state index contributed by atoms with van der Waals surface area (Å²) in [4.78, 5) is 36.1. The van der Waals surface area contributed by atoms with Gasteiger partial charge in [-0.25, -0.2) is 4.79 Å². The second-order valence-corrected chi connectivity index (χ2v) is 7.90. The van der Waals surface area contributed by atoms with E-state index in [1.54, 1.807) is 48.5 Å². The summed E-state index contributed by atoms with van der Waals surface area (Å²) in [6.07, 6.45) is 0.770. The first-order chi connectivity index (χ1) is 14.2. The van der Waals surface area contributed by atoms with Gasteiger partial charge in [-0.2, -0.15) is 0 Å². The maximum absolute atomic E-state index is 12.2. The highest BCUT2D eigenvalue weighted by molar-refractivity contribution is 5.97. The van der Waals surface area contributed by atoms with Crippen LogP contribution in [0.5, 0.6) is 0 Å². The highest BCUT2D eigenvalue weighted by Gasteiger charge is 2.21. The van der Waals surface area contributed by atoms with E-state index in [2.05, 4.69) is 16.0 Å². The molecule has 0 fully saturated rings. The minimum absolute atomic E-state index is 0.0538. The number of benzene rings is 2. The lowest BCUT2D eigenvalue weighted by Crippen LogP contribution is -2.27. The van der Waals surface area contributed by atoms with Gasteiger partial charge in [-0.3, -0.25) is 9.59 Å². The number of hydrogen-bond donors (Lipinski definition) is 3. The van der Waals surface area contributed by atoms with Crippen LogP contribution in [0, 0.1) is 5.41 Å². The van der Waals surface area contributed by atoms with E-state index in [1.807, 2.05) is 27.7 Å².